The zero-order valence-electron chi connectivity index (χ0n) is 11.3. The van der Waals surface area contributed by atoms with E-state index in [0.717, 1.165) is 25.1 Å². The summed E-state index contributed by atoms with van der Waals surface area (Å²) in [7, 11) is 2.01. The summed E-state index contributed by atoms with van der Waals surface area (Å²) in [5.41, 5.74) is 1.13. The first kappa shape index (κ1) is 13.3. The first-order chi connectivity index (χ1) is 8.72. The van der Waals surface area contributed by atoms with Crippen molar-refractivity contribution in [1.29, 1.82) is 0 Å². The Morgan fingerprint density at radius 1 is 1.33 bits per heavy atom. The summed E-state index contributed by atoms with van der Waals surface area (Å²) < 4.78 is 2.01. The van der Waals surface area contributed by atoms with E-state index < -0.39 is 0 Å². The quantitative estimate of drug-likeness (QED) is 0.868. The van der Waals surface area contributed by atoms with Crippen LogP contribution in [-0.2, 0) is 19.9 Å². The molecule has 2 rings (SSSR count). The van der Waals surface area contributed by atoms with E-state index in [-0.39, 0.29) is 0 Å². The Morgan fingerprint density at radius 3 is 2.67 bits per heavy atom. The van der Waals surface area contributed by atoms with Gasteiger partial charge in [-0.3, -0.25) is 0 Å². The molecule has 0 bridgehead atoms. The van der Waals surface area contributed by atoms with Crippen LogP contribution < -0.4 is 5.32 Å². The van der Waals surface area contributed by atoms with Gasteiger partial charge in [0.15, 0.2) is 0 Å². The molecule has 4 heteroatoms. The van der Waals surface area contributed by atoms with E-state index in [4.69, 9.17) is 0 Å². The molecule has 0 radical (unpaired) electrons. The van der Waals surface area contributed by atoms with Gasteiger partial charge in [-0.2, -0.15) is 0 Å². The van der Waals surface area contributed by atoms with Crippen LogP contribution in [0.4, 0.5) is 0 Å². The van der Waals surface area contributed by atoms with Crippen molar-refractivity contribution in [2.24, 2.45) is 7.05 Å². The van der Waals surface area contributed by atoms with Gasteiger partial charge in [-0.25, -0.2) is 4.98 Å². The van der Waals surface area contributed by atoms with E-state index >= 15 is 0 Å². The molecule has 0 aliphatic carbocycles. The first-order valence-electron chi connectivity index (χ1n) is 6.51. The number of hydrogen-bond donors (Lipinski definition) is 1. The minimum atomic E-state index is 0.319. The van der Waals surface area contributed by atoms with Crippen molar-refractivity contribution in [3.8, 4) is 0 Å². The third-order valence-electron chi connectivity index (χ3n) is 3.00. The largest absolute Gasteiger partial charge is 0.340 e. The molecule has 3 nitrogen and oxygen atoms in total. The molecule has 2 aromatic heterocycles. The van der Waals surface area contributed by atoms with Crippen molar-refractivity contribution < 1.29 is 0 Å². The summed E-state index contributed by atoms with van der Waals surface area (Å²) in [5.74, 6) is 0. The van der Waals surface area contributed by atoms with Gasteiger partial charge < -0.3 is 9.88 Å². The predicted octanol–water partition coefficient (Wildman–Crippen LogP) is 2.94. The van der Waals surface area contributed by atoms with Gasteiger partial charge >= 0.3 is 0 Å². The van der Waals surface area contributed by atoms with Crippen LogP contribution in [0.1, 0.15) is 35.3 Å². The minimum Gasteiger partial charge on any atom is -0.340 e. The second kappa shape index (κ2) is 6.16. The van der Waals surface area contributed by atoms with E-state index in [1.807, 2.05) is 29.3 Å². The maximum absolute atomic E-state index is 4.46. The maximum atomic E-state index is 4.46. The zero-order chi connectivity index (χ0) is 13.0. The highest BCUT2D eigenvalue weighted by Gasteiger charge is 2.14. The summed E-state index contributed by atoms with van der Waals surface area (Å²) >= 11 is 1.91. The summed E-state index contributed by atoms with van der Waals surface area (Å²) in [5, 5.41) is 3.52. The Morgan fingerprint density at radius 2 is 2.11 bits per heavy atom. The Labute approximate surface area is 113 Å². The molecular formula is C14H21N3S. The lowest BCUT2D eigenvalue weighted by Gasteiger charge is -2.14. The third kappa shape index (κ3) is 3.21. The van der Waals surface area contributed by atoms with Crippen LogP contribution in [0.15, 0.2) is 24.7 Å². The molecule has 0 spiro atoms. The number of likely N-dealkylation sites (N-methyl/N-ethyl adjacent to an activating group) is 1. The second-order valence-corrected chi connectivity index (χ2v) is 5.75. The highest BCUT2D eigenvalue weighted by Crippen LogP contribution is 2.23. The van der Waals surface area contributed by atoms with Crippen LogP contribution in [0, 0.1) is 0 Å². The van der Waals surface area contributed by atoms with E-state index in [1.165, 1.54) is 9.75 Å². The van der Waals surface area contributed by atoms with Gasteiger partial charge in [-0.05, 0) is 25.1 Å². The third-order valence-corrected chi connectivity index (χ3v) is 4.26. The van der Waals surface area contributed by atoms with Gasteiger partial charge in [0.05, 0.1) is 18.1 Å². The van der Waals surface area contributed by atoms with E-state index in [2.05, 4.69) is 42.5 Å². The molecule has 2 heterocycles. The molecule has 0 aromatic carbocycles. The van der Waals surface area contributed by atoms with Crippen molar-refractivity contribution in [1.82, 2.24) is 14.9 Å². The maximum Gasteiger partial charge on any atom is 0.0947 e. The molecule has 2 aromatic rings. The topological polar surface area (TPSA) is 29.9 Å². The van der Waals surface area contributed by atoms with Gasteiger partial charge in [-0.1, -0.05) is 13.8 Å². The van der Waals surface area contributed by atoms with Crippen LogP contribution in [0.5, 0.6) is 0 Å². The van der Waals surface area contributed by atoms with Crippen LogP contribution in [0.3, 0.4) is 0 Å². The van der Waals surface area contributed by atoms with Crippen molar-refractivity contribution in [3.05, 3.63) is 40.1 Å². The Kier molecular flexibility index (Phi) is 4.55. The van der Waals surface area contributed by atoms with Crippen LogP contribution in [-0.4, -0.2) is 16.1 Å². The normalized spacial score (nSPS) is 12.8. The van der Waals surface area contributed by atoms with Crippen molar-refractivity contribution in [2.75, 3.05) is 6.54 Å². The predicted molar refractivity (Wildman–Crippen MR) is 77.0 cm³/mol. The number of nitrogens with zero attached hydrogens (tertiary/aromatic N) is 2. The molecule has 0 fully saturated rings. The summed E-state index contributed by atoms with van der Waals surface area (Å²) in [6, 6.07) is 4.80. The Hall–Kier alpha value is -1.13. The molecule has 0 aliphatic rings. The molecule has 1 atom stereocenters. The van der Waals surface area contributed by atoms with Crippen LogP contribution in [0.25, 0.3) is 0 Å². The van der Waals surface area contributed by atoms with Crippen molar-refractivity contribution in [3.63, 3.8) is 0 Å². The lowest BCUT2D eigenvalue weighted by atomic mass is 10.1. The molecule has 0 aliphatic heterocycles. The number of aryl methyl sites for hydroxylation is 2. The van der Waals surface area contributed by atoms with Crippen molar-refractivity contribution in [2.45, 2.75) is 32.7 Å². The molecule has 18 heavy (non-hydrogen) atoms. The lowest BCUT2D eigenvalue weighted by Crippen LogP contribution is -2.23. The molecule has 0 amide bonds. The van der Waals surface area contributed by atoms with Gasteiger partial charge in [0, 0.05) is 29.4 Å². The fourth-order valence-corrected chi connectivity index (χ4v) is 3.07. The number of rotatable bonds is 6. The first-order valence-corrected chi connectivity index (χ1v) is 7.33. The minimum absolute atomic E-state index is 0.319. The number of hydrogen-bond acceptors (Lipinski definition) is 3. The summed E-state index contributed by atoms with van der Waals surface area (Å²) in [6.07, 6.45) is 6.11. The van der Waals surface area contributed by atoms with E-state index in [0.29, 0.717) is 6.04 Å². The zero-order valence-corrected chi connectivity index (χ0v) is 12.1. The van der Waals surface area contributed by atoms with Crippen LogP contribution >= 0.6 is 11.3 Å². The highest BCUT2D eigenvalue weighted by molar-refractivity contribution is 7.11. The molecule has 98 valence electrons. The average Bonchev–Trinajstić information content (AvgIpc) is 2.97. The fraction of sp³-hybridized carbons (Fsp3) is 0.500. The molecule has 0 saturated heterocycles. The van der Waals surface area contributed by atoms with Gasteiger partial charge in [0.25, 0.3) is 0 Å². The van der Waals surface area contributed by atoms with Crippen molar-refractivity contribution >= 4 is 11.3 Å². The number of aromatic nitrogens is 2. The molecule has 1 N–H and O–H groups in total. The summed E-state index contributed by atoms with van der Waals surface area (Å²) in [4.78, 5) is 7.36. The van der Waals surface area contributed by atoms with E-state index in [1.54, 1.807) is 0 Å². The second-order valence-electron chi connectivity index (χ2n) is 4.50. The van der Waals surface area contributed by atoms with Crippen LogP contribution in [0.2, 0.25) is 0 Å². The Balaban J connectivity index is 2.10. The SMILES string of the molecule is CCNC(Cc1ccc(CC)s1)c1cn(C)cn1. The molecule has 0 saturated carbocycles. The lowest BCUT2D eigenvalue weighted by molar-refractivity contribution is 0.542. The monoisotopic (exact) mass is 263 g/mol. The van der Waals surface area contributed by atoms with Gasteiger partial charge in [0.1, 0.15) is 0 Å². The highest BCUT2D eigenvalue weighted by atomic mass is 32.1. The summed E-state index contributed by atoms with van der Waals surface area (Å²) in [6.45, 7) is 5.31. The number of thiophene rings is 1. The van der Waals surface area contributed by atoms with Gasteiger partial charge in [0.2, 0.25) is 0 Å². The van der Waals surface area contributed by atoms with Gasteiger partial charge in [-0.15, -0.1) is 11.3 Å². The Bertz CT molecular complexity index is 487. The standard InChI is InChI=1S/C14H21N3S/c1-4-11-6-7-12(18-11)8-13(15-5-2)14-9-17(3)10-16-14/h6-7,9-10,13,15H,4-5,8H2,1-3H3. The molecule has 1 unspecified atom stereocenters. The number of imidazole rings is 1. The molecular weight excluding hydrogens is 242 g/mol. The van der Waals surface area contributed by atoms with E-state index in [9.17, 15) is 0 Å². The number of nitrogens with one attached hydrogen (secondary N) is 1. The fourth-order valence-electron chi connectivity index (χ4n) is 2.06. The average molecular weight is 263 g/mol. The smallest absolute Gasteiger partial charge is 0.0947 e.